The molecule has 6 heteroatoms. The maximum atomic E-state index is 11.7. The average Bonchev–Trinajstić information content (AvgIpc) is 2.97. The van der Waals surface area contributed by atoms with Gasteiger partial charge in [-0.2, -0.15) is 0 Å². The average molecular weight is 318 g/mol. The summed E-state index contributed by atoms with van der Waals surface area (Å²) in [6, 6.07) is 3.64. The monoisotopic (exact) mass is 318 g/mol. The van der Waals surface area contributed by atoms with Crippen molar-refractivity contribution in [2.45, 2.75) is 32.3 Å². The Hall–Kier alpha value is -1.66. The first-order valence-corrected chi connectivity index (χ1v) is 8.51. The summed E-state index contributed by atoms with van der Waals surface area (Å²) in [6.07, 6.45) is 5.40. The molecular weight excluding hydrogens is 292 g/mol. The van der Waals surface area contributed by atoms with Crippen LogP contribution >= 0.6 is 0 Å². The summed E-state index contributed by atoms with van der Waals surface area (Å²) in [5, 5.41) is 9.51. The van der Waals surface area contributed by atoms with Gasteiger partial charge in [-0.15, -0.1) is 0 Å². The second kappa shape index (κ2) is 7.27. The third-order valence-electron chi connectivity index (χ3n) is 4.82. The van der Waals surface area contributed by atoms with Gasteiger partial charge in [-0.1, -0.05) is 0 Å². The zero-order valence-corrected chi connectivity index (χ0v) is 13.7. The van der Waals surface area contributed by atoms with Crippen molar-refractivity contribution in [2.75, 3.05) is 38.1 Å². The van der Waals surface area contributed by atoms with E-state index in [-0.39, 0.29) is 12.0 Å². The van der Waals surface area contributed by atoms with Gasteiger partial charge >= 0.3 is 0 Å². The van der Waals surface area contributed by atoms with Crippen LogP contribution in [0.1, 0.15) is 36.5 Å². The smallest absolute Gasteiger partial charge is 0.252 e. The second-order valence-electron chi connectivity index (χ2n) is 6.56. The molecule has 0 bridgehead atoms. The van der Waals surface area contributed by atoms with E-state index in [4.69, 9.17) is 4.74 Å². The second-order valence-corrected chi connectivity index (χ2v) is 6.56. The lowest BCUT2D eigenvalue weighted by Gasteiger charge is -2.32. The van der Waals surface area contributed by atoms with Gasteiger partial charge in [-0.3, -0.25) is 4.79 Å². The van der Waals surface area contributed by atoms with E-state index in [9.17, 15) is 4.79 Å². The van der Waals surface area contributed by atoms with Crippen LogP contribution < -0.4 is 16.0 Å². The minimum atomic E-state index is -0.0847. The Labute approximate surface area is 137 Å². The molecule has 1 aromatic heterocycles. The van der Waals surface area contributed by atoms with Crippen LogP contribution in [0, 0.1) is 5.41 Å². The highest BCUT2D eigenvalue weighted by atomic mass is 16.5. The number of nitrogens with one attached hydrogen (secondary N) is 3. The Bertz CT molecular complexity index is 526. The SMILES string of the molecule is CCNC(=O)c1ccc(NCC2CC3(CCNCC3)CO2)nc1. The van der Waals surface area contributed by atoms with Gasteiger partial charge < -0.3 is 20.7 Å². The number of pyridine rings is 1. The molecule has 0 aliphatic carbocycles. The molecule has 1 unspecified atom stereocenters. The Morgan fingerprint density at radius 1 is 1.43 bits per heavy atom. The first-order valence-electron chi connectivity index (χ1n) is 8.51. The molecule has 2 saturated heterocycles. The van der Waals surface area contributed by atoms with E-state index in [0.717, 1.165) is 38.5 Å². The van der Waals surface area contributed by atoms with E-state index in [2.05, 4.69) is 20.9 Å². The number of aromatic nitrogens is 1. The van der Waals surface area contributed by atoms with Crippen molar-refractivity contribution in [1.29, 1.82) is 0 Å². The number of piperidine rings is 1. The van der Waals surface area contributed by atoms with Crippen molar-refractivity contribution in [3.05, 3.63) is 23.9 Å². The van der Waals surface area contributed by atoms with Crippen LogP contribution in [0.3, 0.4) is 0 Å². The molecule has 3 N–H and O–H groups in total. The third kappa shape index (κ3) is 4.00. The fraction of sp³-hybridized carbons (Fsp3) is 0.647. The highest BCUT2D eigenvalue weighted by molar-refractivity contribution is 5.93. The van der Waals surface area contributed by atoms with E-state index in [1.165, 1.54) is 12.8 Å². The molecule has 6 nitrogen and oxygen atoms in total. The van der Waals surface area contributed by atoms with E-state index in [0.29, 0.717) is 17.5 Å². The van der Waals surface area contributed by atoms with Gasteiger partial charge in [0.05, 0.1) is 18.3 Å². The number of amides is 1. The van der Waals surface area contributed by atoms with Gasteiger partial charge in [0, 0.05) is 19.3 Å². The van der Waals surface area contributed by atoms with Crippen molar-refractivity contribution in [2.24, 2.45) is 5.41 Å². The van der Waals surface area contributed by atoms with Crippen molar-refractivity contribution in [3.8, 4) is 0 Å². The number of ether oxygens (including phenoxy) is 1. The highest BCUT2D eigenvalue weighted by Crippen LogP contribution is 2.40. The van der Waals surface area contributed by atoms with Crippen LogP contribution in [-0.2, 0) is 4.74 Å². The normalized spacial score (nSPS) is 22.9. The van der Waals surface area contributed by atoms with E-state index < -0.39 is 0 Å². The van der Waals surface area contributed by atoms with Gasteiger partial charge in [-0.25, -0.2) is 4.98 Å². The molecule has 1 spiro atoms. The van der Waals surface area contributed by atoms with Crippen molar-refractivity contribution < 1.29 is 9.53 Å². The molecule has 3 rings (SSSR count). The zero-order chi connectivity index (χ0) is 16.1. The summed E-state index contributed by atoms with van der Waals surface area (Å²) < 4.78 is 5.98. The Morgan fingerprint density at radius 2 is 2.26 bits per heavy atom. The van der Waals surface area contributed by atoms with Crippen LogP contribution in [0.5, 0.6) is 0 Å². The Balaban J connectivity index is 1.48. The fourth-order valence-electron chi connectivity index (χ4n) is 3.45. The molecule has 0 saturated carbocycles. The topological polar surface area (TPSA) is 75.3 Å². The van der Waals surface area contributed by atoms with Gasteiger partial charge in [0.1, 0.15) is 5.82 Å². The molecule has 126 valence electrons. The van der Waals surface area contributed by atoms with Gasteiger partial charge in [0.15, 0.2) is 0 Å². The van der Waals surface area contributed by atoms with E-state index in [1.807, 2.05) is 13.0 Å². The number of hydrogen-bond donors (Lipinski definition) is 3. The third-order valence-corrected chi connectivity index (χ3v) is 4.82. The number of carbonyl (C=O) groups excluding carboxylic acids is 1. The van der Waals surface area contributed by atoms with Crippen molar-refractivity contribution >= 4 is 11.7 Å². The minimum absolute atomic E-state index is 0.0847. The maximum absolute atomic E-state index is 11.7. The summed E-state index contributed by atoms with van der Waals surface area (Å²) in [6.45, 7) is 6.37. The van der Waals surface area contributed by atoms with Gasteiger partial charge in [-0.05, 0) is 56.8 Å². The summed E-state index contributed by atoms with van der Waals surface area (Å²) in [7, 11) is 0. The van der Waals surface area contributed by atoms with Crippen LogP contribution in [0.15, 0.2) is 18.3 Å². The Kier molecular flexibility index (Phi) is 5.13. The molecular formula is C17H26N4O2. The Morgan fingerprint density at radius 3 is 2.96 bits per heavy atom. The fourth-order valence-corrected chi connectivity index (χ4v) is 3.45. The van der Waals surface area contributed by atoms with Crippen LogP contribution in [-0.4, -0.2) is 49.8 Å². The van der Waals surface area contributed by atoms with Crippen molar-refractivity contribution in [3.63, 3.8) is 0 Å². The lowest BCUT2D eigenvalue weighted by atomic mass is 9.77. The zero-order valence-electron chi connectivity index (χ0n) is 13.7. The standard InChI is InChI=1S/C17H26N4O2/c1-2-19-16(22)13-3-4-15(20-10-13)21-11-14-9-17(12-23-14)5-7-18-8-6-17/h3-4,10,14,18H,2,5-9,11-12H2,1H3,(H,19,22)(H,20,21). The largest absolute Gasteiger partial charge is 0.376 e. The molecule has 1 atom stereocenters. The number of nitrogens with zero attached hydrogens (tertiary/aromatic N) is 1. The van der Waals surface area contributed by atoms with Crippen LogP contribution in [0.4, 0.5) is 5.82 Å². The lowest BCUT2D eigenvalue weighted by Crippen LogP contribution is -2.37. The molecule has 0 aromatic carbocycles. The summed E-state index contributed by atoms with van der Waals surface area (Å²) in [5.74, 6) is 0.700. The van der Waals surface area contributed by atoms with Crippen LogP contribution in [0.25, 0.3) is 0 Å². The molecule has 2 fully saturated rings. The first-order chi connectivity index (χ1) is 11.2. The summed E-state index contributed by atoms with van der Waals surface area (Å²) in [4.78, 5) is 16.0. The number of carbonyl (C=O) groups is 1. The van der Waals surface area contributed by atoms with E-state index in [1.54, 1.807) is 12.3 Å². The van der Waals surface area contributed by atoms with E-state index >= 15 is 0 Å². The predicted octanol–water partition coefficient (Wildman–Crippen LogP) is 1.40. The highest BCUT2D eigenvalue weighted by Gasteiger charge is 2.40. The van der Waals surface area contributed by atoms with Crippen LogP contribution in [0.2, 0.25) is 0 Å². The molecule has 0 radical (unpaired) electrons. The minimum Gasteiger partial charge on any atom is -0.376 e. The summed E-state index contributed by atoms with van der Waals surface area (Å²) >= 11 is 0. The number of hydrogen-bond acceptors (Lipinski definition) is 5. The molecule has 2 aliphatic rings. The maximum Gasteiger partial charge on any atom is 0.252 e. The number of rotatable bonds is 5. The quantitative estimate of drug-likeness (QED) is 0.765. The molecule has 1 aromatic rings. The number of anilines is 1. The molecule has 3 heterocycles. The van der Waals surface area contributed by atoms with Gasteiger partial charge in [0.2, 0.25) is 0 Å². The summed E-state index contributed by atoms with van der Waals surface area (Å²) in [5.41, 5.74) is 0.968. The lowest BCUT2D eigenvalue weighted by molar-refractivity contribution is 0.0924. The molecule has 1 amide bonds. The molecule has 23 heavy (non-hydrogen) atoms. The molecule has 2 aliphatic heterocycles. The predicted molar refractivity (Wildman–Crippen MR) is 89.6 cm³/mol. The van der Waals surface area contributed by atoms with Crippen molar-refractivity contribution in [1.82, 2.24) is 15.6 Å². The van der Waals surface area contributed by atoms with Gasteiger partial charge in [0.25, 0.3) is 5.91 Å². The first kappa shape index (κ1) is 16.2.